The molecule has 10 nitrogen and oxygen atoms in total. The van der Waals surface area contributed by atoms with Crippen LogP contribution in [0.1, 0.15) is 36.5 Å². The SMILES string of the molecule is CCCC(NC(=O)c1ccc(OC)cc1)C(=O)N1CCC2C1C(=O)CN2S(=O)(=O)c1cccnc1. The molecule has 3 unspecified atom stereocenters. The summed E-state index contributed by atoms with van der Waals surface area (Å²) in [5.74, 6) is -0.509. The van der Waals surface area contributed by atoms with Crippen molar-refractivity contribution in [2.75, 3.05) is 20.2 Å². The minimum Gasteiger partial charge on any atom is -0.497 e. The number of carbonyl (C=O) groups is 3. The third-order valence-corrected chi connectivity index (χ3v) is 8.29. The van der Waals surface area contributed by atoms with Crippen molar-refractivity contribution < 1.29 is 27.5 Å². The second-order valence-corrected chi connectivity index (χ2v) is 10.5. The highest BCUT2D eigenvalue weighted by Crippen LogP contribution is 2.34. The normalized spacial score (nSPS) is 21.0. The molecule has 1 aromatic heterocycles. The third-order valence-electron chi connectivity index (χ3n) is 6.43. The topological polar surface area (TPSA) is 126 Å². The Kier molecular flexibility index (Phi) is 7.18. The molecule has 3 atom stereocenters. The molecule has 3 heterocycles. The smallest absolute Gasteiger partial charge is 0.251 e. The fourth-order valence-electron chi connectivity index (χ4n) is 4.71. The Hall–Kier alpha value is -3.31. The predicted octanol–water partition coefficient (Wildman–Crippen LogP) is 1.23. The Balaban J connectivity index is 1.51. The van der Waals surface area contributed by atoms with Gasteiger partial charge in [0.25, 0.3) is 5.91 Å². The number of nitrogens with zero attached hydrogens (tertiary/aromatic N) is 3. The second kappa shape index (κ2) is 10.1. The van der Waals surface area contributed by atoms with Crippen LogP contribution < -0.4 is 10.1 Å². The Morgan fingerprint density at radius 1 is 1.23 bits per heavy atom. The molecule has 1 N–H and O–H groups in total. The maximum Gasteiger partial charge on any atom is 0.251 e. The van der Waals surface area contributed by atoms with Crippen molar-refractivity contribution in [3.05, 3.63) is 54.4 Å². The fraction of sp³-hybridized carbons (Fsp3) is 0.417. The molecular weight excluding hydrogens is 472 g/mol. The Bertz CT molecular complexity index is 1200. The number of Topliss-reactive ketones (excluding diaryl/α,β-unsaturated/α-hetero) is 1. The summed E-state index contributed by atoms with van der Waals surface area (Å²) in [5, 5.41) is 2.79. The van der Waals surface area contributed by atoms with Crippen molar-refractivity contribution in [3.63, 3.8) is 0 Å². The summed E-state index contributed by atoms with van der Waals surface area (Å²) in [4.78, 5) is 44.5. The van der Waals surface area contributed by atoms with E-state index in [1.165, 1.54) is 40.8 Å². The van der Waals surface area contributed by atoms with Crippen LogP contribution >= 0.6 is 0 Å². The van der Waals surface area contributed by atoms with Crippen LogP contribution in [0.4, 0.5) is 0 Å². The first-order valence-corrected chi connectivity index (χ1v) is 12.9. The van der Waals surface area contributed by atoms with Crippen LogP contribution in [-0.2, 0) is 19.6 Å². The molecule has 2 aliphatic heterocycles. The van der Waals surface area contributed by atoms with Crippen molar-refractivity contribution in [2.45, 2.75) is 49.2 Å². The van der Waals surface area contributed by atoms with E-state index < -0.39 is 34.1 Å². The number of ketones is 1. The molecule has 1 aromatic carbocycles. The summed E-state index contributed by atoms with van der Waals surface area (Å²) in [5.41, 5.74) is 0.379. The van der Waals surface area contributed by atoms with Crippen molar-refractivity contribution in [1.82, 2.24) is 19.5 Å². The lowest BCUT2D eigenvalue weighted by molar-refractivity contribution is -0.138. The van der Waals surface area contributed by atoms with E-state index in [-0.39, 0.29) is 29.7 Å². The van der Waals surface area contributed by atoms with Gasteiger partial charge < -0.3 is 15.0 Å². The van der Waals surface area contributed by atoms with E-state index >= 15 is 0 Å². The van der Waals surface area contributed by atoms with E-state index in [0.29, 0.717) is 30.6 Å². The molecule has 4 rings (SSSR count). The van der Waals surface area contributed by atoms with E-state index in [4.69, 9.17) is 4.74 Å². The van der Waals surface area contributed by atoms with Crippen LogP contribution in [0.5, 0.6) is 5.75 Å². The van der Waals surface area contributed by atoms with Crippen molar-refractivity contribution in [1.29, 1.82) is 0 Å². The third kappa shape index (κ3) is 4.78. The molecule has 2 fully saturated rings. The lowest BCUT2D eigenvalue weighted by Gasteiger charge is -2.28. The van der Waals surface area contributed by atoms with Crippen LogP contribution in [0.15, 0.2) is 53.7 Å². The Labute approximate surface area is 204 Å². The highest BCUT2D eigenvalue weighted by atomic mass is 32.2. The largest absolute Gasteiger partial charge is 0.497 e. The van der Waals surface area contributed by atoms with Gasteiger partial charge in [0.15, 0.2) is 5.78 Å². The number of ether oxygens (including phenoxy) is 1. The van der Waals surface area contributed by atoms with Crippen LogP contribution in [-0.4, -0.2) is 78.5 Å². The maximum atomic E-state index is 13.5. The average Bonchev–Trinajstić information content (AvgIpc) is 3.45. The minimum absolute atomic E-state index is 0.00819. The zero-order chi connectivity index (χ0) is 25.2. The maximum absolute atomic E-state index is 13.5. The van der Waals surface area contributed by atoms with Gasteiger partial charge in [0.1, 0.15) is 22.7 Å². The molecule has 0 bridgehead atoms. The number of sulfonamides is 1. The van der Waals surface area contributed by atoms with Gasteiger partial charge in [0.05, 0.1) is 19.7 Å². The molecule has 11 heteroatoms. The first-order chi connectivity index (χ1) is 16.8. The fourth-order valence-corrected chi connectivity index (χ4v) is 6.30. The summed E-state index contributed by atoms with van der Waals surface area (Å²) in [6, 6.07) is 7.14. The standard InChI is InChI=1S/C24H28N4O6S/c1-3-5-19(26-23(30)16-7-9-17(34-2)10-8-16)24(31)27-13-11-20-22(27)21(29)15-28(20)35(32,33)18-6-4-12-25-14-18/h4,6-10,12,14,19-20,22H,3,5,11,13,15H2,1-2H3,(H,26,30). The number of methoxy groups -OCH3 is 1. The van der Waals surface area contributed by atoms with Crippen LogP contribution in [0.25, 0.3) is 0 Å². The van der Waals surface area contributed by atoms with E-state index in [2.05, 4.69) is 10.3 Å². The second-order valence-electron chi connectivity index (χ2n) is 8.58. The number of amides is 2. The van der Waals surface area contributed by atoms with Gasteiger partial charge in [-0.15, -0.1) is 0 Å². The Morgan fingerprint density at radius 2 is 1.97 bits per heavy atom. The van der Waals surface area contributed by atoms with E-state index in [9.17, 15) is 22.8 Å². The van der Waals surface area contributed by atoms with Crippen LogP contribution in [0.3, 0.4) is 0 Å². The lowest BCUT2D eigenvalue weighted by Crippen LogP contribution is -2.52. The molecule has 0 aliphatic carbocycles. The number of pyridine rings is 1. The highest BCUT2D eigenvalue weighted by molar-refractivity contribution is 7.89. The van der Waals surface area contributed by atoms with E-state index in [1.54, 1.807) is 24.3 Å². The minimum atomic E-state index is -3.93. The molecule has 2 aromatic rings. The number of nitrogens with one attached hydrogen (secondary N) is 1. The summed E-state index contributed by atoms with van der Waals surface area (Å²) in [6.45, 7) is 1.83. The number of benzene rings is 1. The van der Waals surface area contributed by atoms with Crippen LogP contribution in [0, 0.1) is 0 Å². The summed E-state index contributed by atoms with van der Waals surface area (Å²) in [7, 11) is -2.40. The summed E-state index contributed by atoms with van der Waals surface area (Å²) >= 11 is 0. The van der Waals surface area contributed by atoms with Crippen molar-refractivity contribution in [3.8, 4) is 5.75 Å². The molecule has 0 radical (unpaired) electrons. The molecule has 2 saturated heterocycles. The molecule has 186 valence electrons. The molecule has 2 aliphatic rings. The van der Waals surface area contributed by atoms with Gasteiger partial charge in [0.2, 0.25) is 15.9 Å². The number of hydrogen-bond acceptors (Lipinski definition) is 7. The lowest BCUT2D eigenvalue weighted by atomic mass is 10.1. The summed E-state index contributed by atoms with van der Waals surface area (Å²) < 4.78 is 32.6. The number of likely N-dealkylation sites (tertiary alicyclic amines) is 1. The van der Waals surface area contributed by atoms with Gasteiger partial charge in [-0.3, -0.25) is 19.4 Å². The van der Waals surface area contributed by atoms with Gasteiger partial charge in [0, 0.05) is 24.5 Å². The number of carbonyl (C=O) groups excluding carboxylic acids is 3. The number of rotatable bonds is 8. The Morgan fingerprint density at radius 3 is 2.60 bits per heavy atom. The molecule has 35 heavy (non-hydrogen) atoms. The average molecular weight is 501 g/mol. The van der Waals surface area contributed by atoms with Gasteiger partial charge in [-0.2, -0.15) is 4.31 Å². The van der Waals surface area contributed by atoms with Gasteiger partial charge >= 0.3 is 0 Å². The monoisotopic (exact) mass is 500 g/mol. The number of fused-ring (bicyclic) bond motifs is 1. The van der Waals surface area contributed by atoms with Crippen molar-refractivity contribution >= 4 is 27.6 Å². The zero-order valence-corrected chi connectivity index (χ0v) is 20.4. The van der Waals surface area contributed by atoms with Crippen LogP contribution in [0.2, 0.25) is 0 Å². The molecular formula is C24H28N4O6S. The van der Waals surface area contributed by atoms with Gasteiger partial charge in [-0.1, -0.05) is 13.3 Å². The first kappa shape index (κ1) is 24.8. The van der Waals surface area contributed by atoms with Crippen molar-refractivity contribution in [2.24, 2.45) is 0 Å². The zero-order valence-electron chi connectivity index (χ0n) is 19.6. The predicted molar refractivity (Wildman–Crippen MR) is 126 cm³/mol. The quantitative estimate of drug-likeness (QED) is 0.578. The van der Waals surface area contributed by atoms with Gasteiger partial charge in [-0.05, 0) is 49.2 Å². The first-order valence-electron chi connectivity index (χ1n) is 11.5. The summed E-state index contributed by atoms with van der Waals surface area (Å²) in [6.07, 6.45) is 4.09. The van der Waals surface area contributed by atoms with Gasteiger partial charge in [-0.25, -0.2) is 8.42 Å². The van der Waals surface area contributed by atoms with E-state index in [0.717, 1.165) is 0 Å². The highest BCUT2D eigenvalue weighted by Gasteiger charge is 2.54. The molecule has 2 amide bonds. The number of aromatic nitrogens is 1. The van der Waals surface area contributed by atoms with E-state index in [1.807, 2.05) is 6.92 Å². The molecule has 0 saturated carbocycles. The number of hydrogen-bond donors (Lipinski definition) is 1. The molecule has 0 spiro atoms.